The Hall–Kier alpha value is -2.88. The van der Waals surface area contributed by atoms with E-state index in [4.69, 9.17) is 9.47 Å². The van der Waals surface area contributed by atoms with Crippen LogP contribution in [0, 0.1) is 0 Å². The largest absolute Gasteiger partial charge is 0.504 e. The van der Waals surface area contributed by atoms with Gasteiger partial charge in [0.15, 0.2) is 23.0 Å². The zero-order valence-electron chi connectivity index (χ0n) is 12.0. The molecule has 0 aromatic heterocycles. The van der Waals surface area contributed by atoms with Gasteiger partial charge in [0.2, 0.25) is 0 Å². The lowest BCUT2D eigenvalue weighted by molar-refractivity contribution is 0.171. The van der Waals surface area contributed by atoms with E-state index in [1.807, 2.05) is 6.07 Å². The molecule has 0 fully saturated rings. The van der Waals surface area contributed by atoms with Crippen LogP contribution in [0.25, 0.3) is 23.3 Å². The highest BCUT2D eigenvalue weighted by Gasteiger charge is 2.19. The number of benzene rings is 2. The van der Waals surface area contributed by atoms with E-state index in [0.717, 1.165) is 0 Å². The van der Waals surface area contributed by atoms with Crippen LogP contribution < -0.4 is 9.47 Å². The molecule has 2 aromatic rings. The summed E-state index contributed by atoms with van der Waals surface area (Å²) in [6.45, 7) is 8.51. The fourth-order valence-electron chi connectivity index (χ4n) is 2.57. The van der Waals surface area contributed by atoms with E-state index in [1.165, 1.54) is 6.07 Å². The molecule has 22 heavy (non-hydrogen) atoms. The lowest BCUT2D eigenvalue weighted by Crippen LogP contribution is -2.15. The Balaban J connectivity index is 2.25. The van der Waals surface area contributed by atoms with E-state index in [-0.39, 0.29) is 11.5 Å². The summed E-state index contributed by atoms with van der Waals surface area (Å²) >= 11 is 0. The normalized spacial score (nSPS) is 12.7. The predicted molar refractivity (Wildman–Crippen MR) is 86.4 cm³/mol. The average molecular weight is 296 g/mol. The molecule has 0 spiro atoms. The van der Waals surface area contributed by atoms with Crippen LogP contribution >= 0.6 is 0 Å². The van der Waals surface area contributed by atoms with Crippen molar-refractivity contribution in [2.75, 3.05) is 13.2 Å². The zero-order chi connectivity index (χ0) is 15.7. The third kappa shape index (κ3) is 2.19. The summed E-state index contributed by atoms with van der Waals surface area (Å²) in [7, 11) is 0. The molecule has 0 aliphatic carbocycles. The smallest absolute Gasteiger partial charge is 0.166 e. The first-order chi connectivity index (χ1) is 10.7. The van der Waals surface area contributed by atoms with Gasteiger partial charge in [0.1, 0.15) is 13.2 Å². The second-order valence-corrected chi connectivity index (χ2v) is 4.89. The molecule has 4 heteroatoms. The maximum atomic E-state index is 10.3. The van der Waals surface area contributed by atoms with Gasteiger partial charge in [-0.15, -0.1) is 0 Å². The van der Waals surface area contributed by atoms with E-state index in [1.54, 1.807) is 24.3 Å². The second kappa shape index (κ2) is 5.48. The highest BCUT2D eigenvalue weighted by molar-refractivity contribution is 5.87. The maximum Gasteiger partial charge on any atom is 0.166 e. The van der Waals surface area contributed by atoms with Crippen molar-refractivity contribution >= 4 is 12.2 Å². The Kier molecular flexibility index (Phi) is 3.51. The molecule has 0 radical (unpaired) electrons. The Morgan fingerprint density at radius 1 is 0.955 bits per heavy atom. The zero-order valence-corrected chi connectivity index (χ0v) is 12.0. The Bertz CT molecular complexity index is 762. The van der Waals surface area contributed by atoms with Gasteiger partial charge in [-0.2, -0.15) is 0 Å². The Labute approximate surface area is 128 Å². The lowest BCUT2D eigenvalue weighted by atomic mass is 9.93. The van der Waals surface area contributed by atoms with Crippen LogP contribution in [0.4, 0.5) is 0 Å². The van der Waals surface area contributed by atoms with Crippen molar-refractivity contribution in [2.45, 2.75) is 0 Å². The third-order valence-electron chi connectivity index (χ3n) is 3.61. The molecule has 1 aliphatic heterocycles. The van der Waals surface area contributed by atoms with Crippen molar-refractivity contribution in [1.82, 2.24) is 0 Å². The van der Waals surface area contributed by atoms with Gasteiger partial charge in [-0.3, -0.25) is 0 Å². The molecule has 1 aliphatic rings. The first-order valence-electron chi connectivity index (χ1n) is 6.89. The minimum atomic E-state index is -0.203. The minimum absolute atomic E-state index is 0.197. The highest BCUT2D eigenvalue weighted by atomic mass is 16.6. The second-order valence-electron chi connectivity index (χ2n) is 4.89. The number of phenolic OH excluding ortho intramolecular Hbond substituents is 2. The number of phenols is 2. The van der Waals surface area contributed by atoms with E-state index < -0.39 is 0 Å². The molecule has 2 N–H and O–H groups in total. The predicted octanol–water partition coefficient (Wildman–Crippen LogP) is 3.82. The monoisotopic (exact) mass is 296 g/mol. The number of aromatic hydroxyl groups is 2. The number of hydrogen-bond acceptors (Lipinski definition) is 4. The van der Waals surface area contributed by atoms with E-state index >= 15 is 0 Å². The molecule has 0 unspecified atom stereocenters. The summed E-state index contributed by atoms with van der Waals surface area (Å²) in [4.78, 5) is 0. The number of hydrogen-bond donors (Lipinski definition) is 2. The molecule has 112 valence electrons. The van der Waals surface area contributed by atoms with Gasteiger partial charge in [0.25, 0.3) is 0 Å². The minimum Gasteiger partial charge on any atom is -0.504 e. The van der Waals surface area contributed by atoms with Crippen LogP contribution in [-0.4, -0.2) is 23.4 Å². The lowest BCUT2D eigenvalue weighted by Gasteiger charge is -2.20. The topological polar surface area (TPSA) is 58.9 Å². The van der Waals surface area contributed by atoms with Crippen molar-refractivity contribution in [3.63, 3.8) is 0 Å². The van der Waals surface area contributed by atoms with Crippen molar-refractivity contribution in [1.29, 1.82) is 0 Å². The number of fused-ring (bicyclic) bond motifs is 1. The van der Waals surface area contributed by atoms with Crippen molar-refractivity contribution in [2.24, 2.45) is 0 Å². The van der Waals surface area contributed by atoms with Gasteiger partial charge in [-0.05, 0) is 34.9 Å². The van der Waals surface area contributed by atoms with Crippen LogP contribution in [0.1, 0.15) is 11.1 Å². The number of ether oxygens (including phenoxy) is 2. The summed E-state index contributed by atoms with van der Waals surface area (Å²) in [6, 6.07) is 6.83. The molecule has 0 saturated carbocycles. The maximum absolute atomic E-state index is 10.3. The standard InChI is InChI=1S/C18H16O4/c1-3-11-9-14(19)18(20)17(13(11)4-2)12-5-6-15-16(10-12)22-8-7-21-15/h3-6,9-10,19-20H,1-2,7-8H2. The van der Waals surface area contributed by atoms with E-state index in [0.29, 0.717) is 47.0 Å². The molecule has 4 nitrogen and oxygen atoms in total. The quantitative estimate of drug-likeness (QED) is 0.845. The first-order valence-corrected chi connectivity index (χ1v) is 6.89. The average Bonchev–Trinajstić information content (AvgIpc) is 2.56. The van der Waals surface area contributed by atoms with Gasteiger partial charge in [0, 0.05) is 5.56 Å². The summed E-state index contributed by atoms with van der Waals surface area (Å²) in [5.74, 6) is 0.878. The molecule has 0 saturated heterocycles. The van der Waals surface area contributed by atoms with Crippen LogP contribution in [0.15, 0.2) is 37.4 Å². The van der Waals surface area contributed by atoms with Crippen molar-refractivity contribution < 1.29 is 19.7 Å². The van der Waals surface area contributed by atoms with Crippen LogP contribution in [0.2, 0.25) is 0 Å². The van der Waals surface area contributed by atoms with Gasteiger partial charge in [-0.1, -0.05) is 31.4 Å². The highest BCUT2D eigenvalue weighted by Crippen LogP contribution is 2.44. The summed E-state index contributed by atoms with van der Waals surface area (Å²) < 4.78 is 11.1. The fourth-order valence-corrected chi connectivity index (χ4v) is 2.57. The molecule has 1 heterocycles. The van der Waals surface area contributed by atoms with Crippen LogP contribution in [0.5, 0.6) is 23.0 Å². The van der Waals surface area contributed by atoms with E-state index in [2.05, 4.69) is 13.2 Å². The summed E-state index contributed by atoms with van der Waals surface area (Å²) in [5.41, 5.74) is 2.58. The SMILES string of the molecule is C=Cc1cc(O)c(O)c(-c2ccc3c(c2)OCCO3)c1C=C. The summed E-state index contributed by atoms with van der Waals surface area (Å²) in [6.07, 6.45) is 3.24. The Morgan fingerprint density at radius 3 is 2.36 bits per heavy atom. The molecule has 0 bridgehead atoms. The van der Waals surface area contributed by atoms with Crippen molar-refractivity contribution in [3.05, 3.63) is 48.6 Å². The molecular formula is C18H16O4. The Morgan fingerprint density at radius 2 is 1.68 bits per heavy atom. The molecule has 3 rings (SSSR count). The molecule has 0 atom stereocenters. The summed E-state index contributed by atoms with van der Waals surface area (Å²) in [5, 5.41) is 20.2. The van der Waals surface area contributed by atoms with Crippen LogP contribution in [-0.2, 0) is 0 Å². The van der Waals surface area contributed by atoms with Gasteiger partial charge >= 0.3 is 0 Å². The molecule has 0 amide bonds. The van der Waals surface area contributed by atoms with Crippen molar-refractivity contribution in [3.8, 4) is 34.1 Å². The first kappa shape index (κ1) is 14.1. The third-order valence-corrected chi connectivity index (χ3v) is 3.61. The van der Waals surface area contributed by atoms with Gasteiger partial charge < -0.3 is 19.7 Å². The number of rotatable bonds is 3. The van der Waals surface area contributed by atoms with Crippen LogP contribution in [0.3, 0.4) is 0 Å². The van der Waals surface area contributed by atoms with Gasteiger partial charge in [-0.25, -0.2) is 0 Å². The fraction of sp³-hybridized carbons (Fsp3) is 0.111. The molecular weight excluding hydrogens is 280 g/mol. The molecule has 2 aromatic carbocycles. The van der Waals surface area contributed by atoms with E-state index in [9.17, 15) is 10.2 Å². The van der Waals surface area contributed by atoms with Gasteiger partial charge in [0.05, 0.1) is 0 Å².